The molecule has 1 aliphatic heterocycles. The number of amides is 2. The van der Waals surface area contributed by atoms with E-state index in [4.69, 9.17) is 21.1 Å². The predicted octanol–water partition coefficient (Wildman–Crippen LogP) is -1.53. The van der Waals surface area contributed by atoms with Crippen LogP contribution in [0.15, 0.2) is 5.29 Å². The molecule has 0 spiro atoms. The Labute approximate surface area is 143 Å². The first kappa shape index (κ1) is 21.0. The number of nitrogens with zero attached hydrogens (tertiary/aromatic N) is 2. The van der Waals surface area contributed by atoms with Gasteiger partial charge in [-0.25, -0.2) is 4.79 Å². The number of hydrogen-bond donors (Lipinski definition) is 5. The highest BCUT2D eigenvalue weighted by Crippen LogP contribution is 2.23. The van der Waals surface area contributed by atoms with Crippen molar-refractivity contribution in [3.05, 3.63) is 4.91 Å². The van der Waals surface area contributed by atoms with Gasteiger partial charge in [-0.2, -0.15) is 5.01 Å². The number of hydrogen-bond acceptors (Lipinski definition) is 9. The van der Waals surface area contributed by atoms with Gasteiger partial charge in [0.25, 0.3) is 0 Å². The van der Waals surface area contributed by atoms with Crippen LogP contribution in [0.4, 0.5) is 4.79 Å². The molecule has 0 aromatic rings. The first-order valence-corrected chi connectivity index (χ1v) is 7.87. The van der Waals surface area contributed by atoms with Crippen molar-refractivity contribution in [3.8, 4) is 0 Å². The number of nitrogens with one attached hydrogen (secondary N) is 1. The summed E-state index contributed by atoms with van der Waals surface area (Å²) >= 11 is 5.41. The molecule has 1 aliphatic rings. The Kier molecular flexibility index (Phi) is 8.76. The summed E-state index contributed by atoms with van der Waals surface area (Å²) in [6.07, 6.45) is -8.91. The molecule has 5 N–H and O–H groups in total. The molecule has 2 amide bonds. The van der Waals surface area contributed by atoms with Crippen molar-refractivity contribution >= 4 is 17.6 Å². The van der Waals surface area contributed by atoms with E-state index in [-0.39, 0.29) is 19.0 Å². The minimum absolute atomic E-state index is 0.0599. The van der Waals surface area contributed by atoms with E-state index in [0.717, 1.165) is 0 Å². The number of halogens is 1. The number of rotatable bonds is 8. The molecule has 1 saturated heterocycles. The largest absolute Gasteiger partial charge is 0.387 e. The van der Waals surface area contributed by atoms with Gasteiger partial charge in [-0.05, 0) is 6.42 Å². The van der Waals surface area contributed by atoms with E-state index in [1.54, 1.807) is 0 Å². The summed E-state index contributed by atoms with van der Waals surface area (Å²) in [6, 6.07) is -1.07. The van der Waals surface area contributed by atoms with Crippen LogP contribution in [0, 0.1) is 4.91 Å². The van der Waals surface area contributed by atoms with E-state index in [1.807, 2.05) is 12.2 Å². The Balaban J connectivity index is 2.74. The van der Waals surface area contributed by atoms with Gasteiger partial charge in [0.2, 0.25) is 0 Å². The average molecular weight is 372 g/mol. The van der Waals surface area contributed by atoms with Gasteiger partial charge < -0.3 is 35.2 Å². The molecule has 0 aromatic carbocycles. The third-order valence-electron chi connectivity index (χ3n) is 3.30. The zero-order valence-corrected chi connectivity index (χ0v) is 13.7. The van der Waals surface area contributed by atoms with Gasteiger partial charge in [0.15, 0.2) is 12.5 Å². The second-order valence-electron chi connectivity index (χ2n) is 5.10. The van der Waals surface area contributed by atoms with E-state index in [2.05, 4.69) is 5.29 Å². The average Bonchev–Trinajstić information content (AvgIpc) is 2.56. The summed E-state index contributed by atoms with van der Waals surface area (Å²) in [4.78, 5) is 22.3. The Morgan fingerprint density at radius 1 is 1.38 bits per heavy atom. The van der Waals surface area contributed by atoms with Crippen LogP contribution in [-0.4, -0.2) is 87.4 Å². The molecule has 6 atom stereocenters. The molecule has 12 heteroatoms. The smallest absolute Gasteiger partial charge is 0.342 e. The van der Waals surface area contributed by atoms with Crippen LogP contribution in [0.2, 0.25) is 0 Å². The Morgan fingerprint density at radius 2 is 2.04 bits per heavy atom. The van der Waals surface area contributed by atoms with Crippen LogP contribution in [0.5, 0.6) is 0 Å². The second-order valence-corrected chi connectivity index (χ2v) is 5.48. The van der Waals surface area contributed by atoms with E-state index in [0.29, 0.717) is 11.4 Å². The number of urea groups is 1. The first-order chi connectivity index (χ1) is 11.4. The SMILES string of the molecule is CCCO[C@@H]1O[C@H](C(O)NC(=O)N(CCCl)N=O)[C@@H](O)[C@H](O)[C@H]1O. The summed E-state index contributed by atoms with van der Waals surface area (Å²) in [5, 5.41) is 44.4. The zero-order valence-electron chi connectivity index (χ0n) is 13.0. The number of carbonyl (C=O) groups is 1. The first-order valence-electron chi connectivity index (χ1n) is 7.33. The van der Waals surface area contributed by atoms with Gasteiger partial charge in [0.1, 0.15) is 24.4 Å². The molecule has 1 rings (SSSR count). The van der Waals surface area contributed by atoms with Gasteiger partial charge in [-0.15, -0.1) is 16.5 Å². The number of aliphatic hydroxyl groups is 4. The molecular weight excluding hydrogens is 350 g/mol. The molecule has 140 valence electrons. The van der Waals surface area contributed by atoms with Gasteiger partial charge in [-0.1, -0.05) is 6.92 Å². The minimum atomic E-state index is -1.80. The predicted molar refractivity (Wildman–Crippen MR) is 80.7 cm³/mol. The van der Waals surface area contributed by atoms with Gasteiger partial charge in [0.05, 0.1) is 11.8 Å². The molecule has 0 aliphatic carbocycles. The lowest BCUT2D eigenvalue weighted by Gasteiger charge is -2.41. The maximum atomic E-state index is 11.7. The van der Waals surface area contributed by atoms with Crippen molar-refractivity contribution in [2.75, 3.05) is 19.0 Å². The molecule has 0 saturated carbocycles. The topological polar surface area (TPSA) is 161 Å². The van der Waals surface area contributed by atoms with Gasteiger partial charge in [-0.3, -0.25) is 0 Å². The van der Waals surface area contributed by atoms with Crippen molar-refractivity contribution in [1.82, 2.24) is 10.3 Å². The monoisotopic (exact) mass is 371 g/mol. The summed E-state index contributed by atoms with van der Waals surface area (Å²) in [7, 11) is 0. The van der Waals surface area contributed by atoms with Crippen LogP contribution < -0.4 is 5.32 Å². The Morgan fingerprint density at radius 3 is 2.58 bits per heavy atom. The fourth-order valence-corrected chi connectivity index (χ4v) is 2.21. The third kappa shape index (κ3) is 5.21. The van der Waals surface area contributed by atoms with E-state index in [1.165, 1.54) is 0 Å². The minimum Gasteiger partial charge on any atom is -0.387 e. The number of carbonyl (C=O) groups excluding carboxylic acids is 1. The quantitative estimate of drug-likeness (QED) is 0.148. The Bertz CT molecular complexity index is 418. The lowest BCUT2D eigenvalue weighted by molar-refractivity contribution is -0.311. The molecule has 24 heavy (non-hydrogen) atoms. The number of aliphatic hydroxyl groups excluding tert-OH is 4. The lowest BCUT2D eigenvalue weighted by atomic mass is 9.98. The fourth-order valence-electron chi connectivity index (χ4n) is 2.05. The van der Waals surface area contributed by atoms with Gasteiger partial charge in [0, 0.05) is 12.5 Å². The Hall–Kier alpha value is -1.08. The number of ether oxygens (including phenoxy) is 2. The molecule has 0 aromatic heterocycles. The summed E-state index contributed by atoms with van der Waals surface area (Å²) in [5.41, 5.74) is 0. The van der Waals surface area contributed by atoms with E-state index in [9.17, 15) is 30.1 Å². The summed E-state index contributed by atoms with van der Waals surface area (Å²) in [5.74, 6) is -0.0599. The van der Waals surface area contributed by atoms with Crippen LogP contribution in [-0.2, 0) is 9.47 Å². The van der Waals surface area contributed by atoms with E-state index < -0.39 is 43.0 Å². The maximum Gasteiger partial charge on any atom is 0.342 e. The number of alkyl halides is 1. The summed E-state index contributed by atoms with van der Waals surface area (Å²) in [6.45, 7) is 1.82. The van der Waals surface area contributed by atoms with Crippen molar-refractivity contribution < 1.29 is 34.7 Å². The zero-order chi connectivity index (χ0) is 18.3. The van der Waals surface area contributed by atoms with E-state index >= 15 is 0 Å². The fraction of sp³-hybridized carbons (Fsp3) is 0.917. The number of nitroso groups, excluding NO2 is 1. The van der Waals surface area contributed by atoms with Crippen molar-refractivity contribution in [2.24, 2.45) is 5.29 Å². The molecule has 1 unspecified atom stereocenters. The summed E-state index contributed by atoms with van der Waals surface area (Å²) < 4.78 is 10.4. The highest BCUT2D eigenvalue weighted by molar-refractivity contribution is 6.18. The lowest BCUT2D eigenvalue weighted by Crippen LogP contribution is -2.64. The van der Waals surface area contributed by atoms with Crippen LogP contribution >= 0.6 is 11.6 Å². The molecular formula is C12H22ClN3O8. The second kappa shape index (κ2) is 10.0. The normalized spacial score (nSPS) is 31.3. The highest BCUT2D eigenvalue weighted by Gasteiger charge is 2.47. The van der Waals surface area contributed by atoms with Crippen LogP contribution in [0.1, 0.15) is 13.3 Å². The molecule has 11 nitrogen and oxygen atoms in total. The van der Waals surface area contributed by atoms with Crippen LogP contribution in [0.25, 0.3) is 0 Å². The van der Waals surface area contributed by atoms with Crippen molar-refractivity contribution in [2.45, 2.75) is 50.3 Å². The van der Waals surface area contributed by atoms with Gasteiger partial charge >= 0.3 is 6.03 Å². The third-order valence-corrected chi connectivity index (χ3v) is 3.47. The highest BCUT2D eigenvalue weighted by atomic mass is 35.5. The van der Waals surface area contributed by atoms with Crippen LogP contribution in [0.3, 0.4) is 0 Å². The molecule has 0 radical (unpaired) electrons. The maximum absolute atomic E-state index is 11.7. The molecule has 1 heterocycles. The standard InChI is InChI=1S/C12H22ClN3O8/c1-2-5-23-11-8(19)6(17)7(18)9(24-11)10(20)14-12(21)16(15-22)4-3-13/h6-11,17-20H,2-5H2,1H3,(H,14,21)/t6-,7-,8+,9-,10?,11+/m0/s1. The van der Waals surface area contributed by atoms with Crippen molar-refractivity contribution in [3.63, 3.8) is 0 Å². The molecule has 1 fully saturated rings. The molecule has 0 bridgehead atoms. The van der Waals surface area contributed by atoms with Crippen molar-refractivity contribution in [1.29, 1.82) is 0 Å².